The highest BCUT2D eigenvalue weighted by Gasteiger charge is 2.06. The molecule has 2 unspecified atom stereocenters. The van der Waals surface area contributed by atoms with Gasteiger partial charge in [0.15, 0.2) is 0 Å². The normalized spacial score (nSPS) is 16.8. The first-order valence-corrected chi connectivity index (χ1v) is 5.43. The molecular formula is C13H24. The van der Waals surface area contributed by atoms with Gasteiger partial charge >= 0.3 is 0 Å². The molecule has 0 spiro atoms. The molecule has 2 atom stereocenters. The van der Waals surface area contributed by atoms with E-state index >= 15 is 0 Å². The van der Waals surface area contributed by atoms with Crippen LogP contribution < -0.4 is 0 Å². The van der Waals surface area contributed by atoms with Crippen LogP contribution in [0.15, 0.2) is 24.3 Å². The molecular weight excluding hydrogens is 156 g/mol. The second-order valence-electron chi connectivity index (χ2n) is 3.92. The molecule has 0 heteroatoms. The minimum absolute atomic E-state index is 0.652. The molecule has 0 saturated heterocycles. The van der Waals surface area contributed by atoms with Crippen molar-refractivity contribution in [3.63, 3.8) is 0 Å². The summed E-state index contributed by atoms with van der Waals surface area (Å²) in [6, 6.07) is 0. The first kappa shape index (κ1) is 12.5. The quantitative estimate of drug-likeness (QED) is 0.525. The van der Waals surface area contributed by atoms with E-state index in [1.54, 1.807) is 5.57 Å². The van der Waals surface area contributed by atoms with Crippen LogP contribution in [0.1, 0.15) is 47.0 Å². The first-order chi connectivity index (χ1) is 6.15. The Bertz CT molecular complexity index is 165. The van der Waals surface area contributed by atoms with Gasteiger partial charge in [-0.25, -0.2) is 0 Å². The Labute approximate surface area is 83.7 Å². The summed E-state index contributed by atoms with van der Waals surface area (Å²) in [7, 11) is 0. The van der Waals surface area contributed by atoms with E-state index < -0.39 is 0 Å². The lowest BCUT2D eigenvalue weighted by atomic mass is 9.91. The van der Waals surface area contributed by atoms with Gasteiger partial charge in [-0.05, 0) is 38.0 Å². The summed E-state index contributed by atoms with van der Waals surface area (Å²) in [5, 5.41) is 0. The summed E-state index contributed by atoms with van der Waals surface area (Å²) >= 11 is 0. The van der Waals surface area contributed by atoms with Crippen LogP contribution in [0, 0.1) is 11.8 Å². The highest BCUT2D eigenvalue weighted by atomic mass is 14.1. The Morgan fingerprint density at radius 3 is 2.38 bits per heavy atom. The van der Waals surface area contributed by atoms with Crippen LogP contribution in [0.25, 0.3) is 0 Å². The number of rotatable bonds is 6. The van der Waals surface area contributed by atoms with Crippen LogP contribution in [-0.2, 0) is 0 Å². The average Bonchev–Trinajstić information content (AvgIpc) is 2.17. The molecule has 0 radical (unpaired) electrons. The molecule has 0 amide bonds. The maximum absolute atomic E-state index is 3.81. The lowest BCUT2D eigenvalue weighted by molar-refractivity contribution is 0.570. The molecule has 0 aliphatic heterocycles. The lowest BCUT2D eigenvalue weighted by Crippen LogP contribution is -2.00. The molecule has 0 bridgehead atoms. The molecule has 0 aromatic carbocycles. The first-order valence-electron chi connectivity index (χ1n) is 5.43. The molecule has 0 heterocycles. The summed E-state index contributed by atoms with van der Waals surface area (Å²) < 4.78 is 0. The molecule has 0 fully saturated rings. The van der Waals surface area contributed by atoms with Crippen molar-refractivity contribution in [3.8, 4) is 0 Å². The fraction of sp³-hybridized carbons (Fsp3) is 0.692. The molecule has 0 aliphatic rings. The maximum Gasteiger partial charge on any atom is -0.0234 e. The van der Waals surface area contributed by atoms with Crippen molar-refractivity contribution >= 4 is 0 Å². The van der Waals surface area contributed by atoms with E-state index in [0.29, 0.717) is 5.92 Å². The van der Waals surface area contributed by atoms with Gasteiger partial charge in [-0.1, -0.05) is 38.5 Å². The van der Waals surface area contributed by atoms with E-state index in [2.05, 4.69) is 40.3 Å². The molecule has 0 nitrogen and oxygen atoms in total. The van der Waals surface area contributed by atoms with Gasteiger partial charge < -0.3 is 0 Å². The zero-order chi connectivity index (χ0) is 10.3. The van der Waals surface area contributed by atoms with Crippen molar-refractivity contribution < 1.29 is 0 Å². The van der Waals surface area contributed by atoms with Crippen LogP contribution in [0.2, 0.25) is 0 Å². The Kier molecular flexibility index (Phi) is 6.66. The predicted molar refractivity (Wildman–Crippen MR) is 61.8 cm³/mol. The topological polar surface area (TPSA) is 0 Å². The van der Waals surface area contributed by atoms with E-state index in [9.17, 15) is 0 Å². The zero-order valence-electron chi connectivity index (χ0n) is 9.64. The summed E-state index contributed by atoms with van der Waals surface area (Å²) in [5.74, 6) is 1.40. The fourth-order valence-corrected chi connectivity index (χ4v) is 1.45. The summed E-state index contributed by atoms with van der Waals surface area (Å²) in [6.07, 6.45) is 8.06. The van der Waals surface area contributed by atoms with E-state index in [-0.39, 0.29) is 0 Å². The Balaban J connectivity index is 3.93. The maximum atomic E-state index is 3.81. The molecule has 76 valence electrons. The van der Waals surface area contributed by atoms with E-state index in [4.69, 9.17) is 0 Å². The van der Waals surface area contributed by atoms with Gasteiger partial charge in [-0.2, -0.15) is 0 Å². The summed E-state index contributed by atoms with van der Waals surface area (Å²) in [6.45, 7) is 12.8. The highest BCUT2D eigenvalue weighted by Crippen LogP contribution is 2.21. The highest BCUT2D eigenvalue weighted by molar-refractivity contribution is 5.04. The van der Waals surface area contributed by atoms with Crippen molar-refractivity contribution in [2.24, 2.45) is 11.8 Å². The van der Waals surface area contributed by atoms with Crippen LogP contribution >= 0.6 is 0 Å². The smallest absolute Gasteiger partial charge is 0.0234 e. The van der Waals surface area contributed by atoms with Crippen molar-refractivity contribution in [1.82, 2.24) is 0 Å². The van der Waals surface area contributed by atoms with Gasteiger partial charge in [0.2, 0.25) is 0 Å². The van der Waals surface area contributed by atoms with Crippen LogP contribution in [-0.4, -0.2) is 0 Å². The third kappa shape index (κ3) is 4.92. The van der Waals surface area contributed by atoms with E-state index in [1.165, 1.54) is 19.3 Å². The minimum atomic E-state index is 0.652. The average molecular weight is 180 g/mol. The van der Waals surface area contributed by atoms with Gasteiger partial charge in [0, 0.05) is 0 Å². The largest absolute Gasteiger partial charge is 0.103 e. The number of hydrogen-bond acceptors (Lipinski definition) is 0. The van der Waals surface area contributed by atoms with Crippen molar-refractivity contribution in [2.45, 2.75) is 47.0 Å². The van der Waals surface area contributed by atoms with Gasteiger partial charge in [0.1, 0.15) is 0 Å². The third-order valence-corrected chi connectivity index (χ3v) is 2.91. The second kappa shape index (κ2) is 6.94. The zero-order valence-corrected chi connectivity index (χ0v) is 9.64. The van der Waals surface area contributed by atoms with Gasteiger partial charge in [-0.3, -0.25) is 0 Å². The Morgan fingerprint density at radius 1 is 1.38 bits per heavy atom. The lowest BCUT2D eigenvalue weighted by Gasteiger charge is -2.15. The molecule has 0 N–H and O–H groups in total. The third-order valence-electron chi connectivity index (χ3n) is 2.91. The summed E-state index contributed by atoms with van der Waals surface area (Å²) in [5.41, 5.74) is 1.61. The molecule has 0 aliphatic carbocycles. The van der Waals surface area contributed by atoms with Crippen molar-refractivity contribution in [1.29, 1.82) is 0 Å². The monoisotopic (exact) mass is 180 g/mol. The Morgan fingerprint density at radius 2 is 2.00 bits per heavy atom. The SMILES string of the molecule is C=CC(C)CCC(=CC)C(C)CC. The van der Waals surface area contributed by atoms with Gasteiger partial charge in [0.25, 0.3) is 0 Å². The van der Waals surface area contributed by atoms with Gasteiger partial charge in [-0.15, -0.1) is 6.58 Å². The second-order valence-corrected chi connectivity index (χ2v) is 3.92. The number of hydrogen-bond donors (Lipinski definition) is 0. The van der Waals surface area contributed by atoms with Crippen molar-refractivity contribution in [2.75, 3.05) is 0 Å². The van der Waals surface area contributed by atoms with Crippen molar-refractivity contribution in [3.05, 3.63) is 24.3 Å². The molecule has 0 aromatic rings. The van der Waals surface area contributed by atoms with Crippen LogP contribution in [0.3, 0.4) is 0 Å². The van der Waals surface area contributed by atoms with E-state index in [1.807, 2.05) is 6.08 Å². The van der Waals surface area contributed by atoms with Gasteiger partial charge in [0.05, 0.1) is 0 Å². The van der Waals surface area contributed by atoms with E-state index in [0.717, 1.165) is 5.92 Å². The predicted octanol–water partition coefficient (Wildman–Crippen LogP) is 4.58. The molecule has 13 heavy (non-hydrogen) atoms. The Hall–Kier alpha value is -0.520. The van der Waals surface area contributed by atoms with Crippen LogP contribution in [0.5, 0.6) is 0 Å². The number of allylic oxidation sites excluding steroid dienone is 3. The fourth-order valence-electron chi connectivity index (χ4n) is 1.45. The summed E-state index contributed by atoms with van der Waals surface area (Å²) in [4.78, 5) is 0. The minimum Gasteiger partial charge on any atom is -0.103 e. The molecule has 0 saturated carbocycles. The molecule has 0 rings (SSSR count). The molecule has 0 aromatic heterocycles. The van der Waals surface area contributed by atoms with Crippen LogP contribution in [0.4, 0.5) is 0 Å². The standard InChI is InChI=1S/C13H24/c1-6-11(4)9-10-13(8-3)12(5)7-2/h6,8,11-12H,1,7,9-10H2,2-5H3.